The van der Waals surface area contributed by atoms with Crippen LogP contribution in [0.5, 0.6) is 0 Å². The van der Waals surface area contributed by atoms with E-state index >= 15 is 0 Å². The Kier molecular flexibility index (Phi) is 9.53. The van der Waals surface area contributed by atoms with Gasteiger partial charge in [-0.05, 0) is 54.5 Å². The molecule has 0 radical (unpaired) electrons. The van der Waals surface area contributed by atoms with E-state index in [0.717, 1.165) is 16.8 Å². The molecule has 2 N–H and O–H groups in total. The number of rotatable bonds is 9. The topological polar surface area (TPSA) is 73.8 Å². The molecule has 0 saturated heterocycles. The Morgan fingerprint density at radius 3 is 2.08 bits per heavy atom. The zero-order chi connectivity index (χ0) is 25.8. The summed E-state index contributed by atoms with van der Waals surface area (Å²) in [5, 5.41) is 6.86. The summed E-state index contributed by atoms with van der Waals surface area (Å²) in [6.45, 7) is 1.78. The van der Waals surface area contributed by atoms with Gasteiger partial charge in [-0.2, -0.15) is 5.10 Å². The second-order valence-electron chi connectivity index (χ2n) is 8.19. The second kappa shape index (κ2) is 13.2. The van der Waals surface area contributed by atoms with Crippen molar-refractivity contribution >= 4 is 35.4 Å². The maximum absolute atomic E-state index is 13.0. The quantitative estimate of drug-likeness (QED) is 0.190. The zero-order valence-electron chi connectivity index (χ0n) is 20.7. The third kappa shape index (κ3) is 8.25. The van der Waals surface area contributed by atoms with Gasteiger partial charge in [-0.3, -0.25) is 9.59 Å². The van der Waals surface area contributed by atoms with E-state index in [-0.39, 0.29) is 11.6 Å². The van der Waals surface area contributed by atoms with Crippen LogP contribution in [0, 0.1) is 0 Å². The molecule has 0 aliphatic carbocycles. The standard InChI is InChI=1S/C30H30N4O2/c1-23(12-10-11-15-24-13-6-4-7-14-24)32-33-30(36)28(31-29(35)26-16-8-5-9-17-26)22-25-18-20-27(21-19-25)34(2)3/h4-22H,1-3H3,(H,31,35)(H,33,36)/b12-10+,15-11+,28-22-,32-23+. The first-order chi connectivity index (χ1) is 17.4. The zero-order valence-corrected chi connectivity index (χ0v) is 20.7. The van der Waals surface area contributed by atoms with Crippen LogP contribution in [0.25, 0.3) is 12.2 Å². The average molecular weight is 479 g/mol. The molecule has 6 heteroatoms. The number of hydrogen-bond acceptors (Lipinski definition) is 4. The van der Waals surface area contributed by atoms with Gasteiger partial charge in [0.2, 0.25) is 0 Å². The molecule has 0 spiro atoms. The van der Waals surface area contributed by atoms with Gasteiger partial charge in [-0.15, -0.1) is 0 Å². The molecule has 0 aliphatic rings. The number of hydrazone groups is 1. The van der Waals surface area contributed by atoms with Crippen molar-refractivity contribution in [2.75, 3.05) is 19.0 Å². The highest BCUT2D eigenvalue weighted by Gasteiger charge is 2.14. The van der Waals surface area contributed by atoms with Gasteiger partial charge in [-0.1, -0.05) is 78.9 Å². The molecule has 0 aliphatic heterocycles. The van der Waals surface area contributed by atoms with E-state index in [1.54, 1.807) is 43.3 Å². The number of anilines is 1. The summed E-state index contributed by atoms with van der Waals surface area (Å²) in [6, 6.07) is 26.3. The van der Waals surface area contributed by atoms with E-state index in [0.29, 0.717) is 11.3 Å². The summed E-state index contributed by atoms with van der Waals surface area (Å²) in [6.07, 6.45) is 9.13. The molecule has 3 rings (SSSR count). The lowest BCUT2D eigenvalue weighted by atomic mass is 10.1. The van der Waals surface area contributed by atoms with Crippen molar-refractivity contribution < 1.29 is 9.59 Å². The highest BCUT2D eigenvalue weighted by atomic mass is 16.2. The summed E-state index contributed by atoms with van der Waals surface area (Å²) in [7, 11) is 3.91. The Morgan fingerprint density at radius 1 is 0.806 bits per heavy atom. The number of amides is 2. The van der Waals surface area contributed by atoms with Crippen molar-refractivity contribution in [2.45, 2.75) is 6.92 Å². The first kappa shape index (κ1) is 25.9. The van der Waals surface area contributed by atoms with Crippen LogP contribution in [0.4, 0.5) is 5.69 Å². The summed E-state index contributed by atoms with van der Waals surface area (Å²) < 4.78 is 0. The molecule has 2 amide bonds. The average Bonchev–Trinajstić information content (AvgIpc) is 2.90. The van der Waals surface area contributed by atoms with Crippen LogP contribution in [-0.4, -0.2) is 31.6 Å². The number of nitrogens with zero attached hydrogens (tertiary/aromatic N) is 2. The molecule has 3 aromatic carbocycles. The minimum Gasteiger partial charge on any atom is -0.378 e. The number of benzene rings is 3. The number of carbonyl (C=O) groups excluding carboxylic acids is 2. The lowest BCUT2D eigenvalue weighted by molar-refractivity contribution is -0.117. The third-order valence-corrected chi connectivity index (χ3v) is 5.12. The van der Waals surface area contributed by atoms with Crippen molar-refractivity contribution in [3.05, 3.63) is 126 Å². The van der Waals surface area contributed by atoms with Gasteiger partial charge in [0.15, 0.2) is 0 Å². The fraction of sp³-hybridized carbons (Fsp3) is 0.100. The molecule has 36 heavy (non-hydrogen) atoms. The molecular formula is C30H30N4O2. The number of nitrogens with one attached hydrogen (secondary N) is 2. The molecule has 6 nitrogen and oxygen atoms in total. The van der Waals surface area contributed by atoms with Crippen LogP contribution < -0.4 is 15.6 Å². The molecule has 182 valence electrons. The second-order valence-corrected chi connectivity index (χ2v) is 8.19. The predicted molar refractivity (Wildman–Crippen MR) is 149 cm³/mol. The van der Waals surface area contributed by atoms with Gasteiger partial charge in [0.25, 0.3) is 11.8 Å². The number of allylic oxidation sites excluding steroid dienone is 3. The van der Waals surface area contributed by atoms with Gasteiger partial charge in [0.05, 0.1) is 5.71 Å². The van der Waals surface area contributed by atoms with E-state index in [1.807, 2.05) is 97.9 Å². The predicted octanol–water partition coefficient (Wildman–Crippen LogP) is 5.29. The molecule has 0 bridgehead atoms. The Hall–Kier alpha value is -4.71. The van der Waals surface area contributed by atoms with Gasteiger partial charge in [-0.25, -0.2) is 5.43 Å². The van der Waals surface area contributed by atoms with E-state index in [1.165, 1.54) is 0 Å². The molecule has 0 fully saturated rings. The van der Waals surface area contributed by atoms with E-state index in [2.05, 4.69) is 15.8 Å². The Morgan fingerprint density at radius 2 is 1.44 bits per heavy atom. The molecule has 0 heterocycles. The summed E-state index contributed by atoms with van der Waals surface area (Å²) in [4.78, 5) is 27.7. The smallest absolute Gasteiger partial charge is 0.287 e. The third-order valence-electron chi connectivity index (χ3n) is 5.12. The van der Waals surface area contributed by atoms with Crippen LogP contribution in [0.15, 0.2) is 114 Å². The van der Waals surface area contributed by atoms with Crippen molar-refractivity contribution in [3.8, 4) is 0 Å². The molecule has 0 atom stereocenters. The van der Waals surface area contributed by atoms with E-state index in [9.17, 15) is 9.59 Å². The lowest BCUT2D eigenvalue weighted by Gasteiger charge is -2.13. The Bertz CT molecular complexity index is 1270. The highest BCUT2D eigenvalue weighted by molar-refractivity contribution is 6.05. The van der Waals surface area contributed by atoms with E-state index in [4.69, 9.17) is 0 Å². The van der Waals surface area contributed by atoms with Crippen LogP contribution in [-0.2, 0) is 4.79 Å². The molecule has 0 aromatic heterocycles. The summed E-state index contributed by atoms with van der Waals surface area (Å²) in [5.74, 6) is -0.905. The molecular weight excluding hydrogens is 448 g/mol. The first-order valence-electron chi connectivity index (χ1n) is 11.5. The van der Waals surface area contributed by atoms with Crippen molar-refractivity contribution in [1.82, 2.24) is 10.7 Å². The van der Waals surface area contributed by atoms with Gasteiger partial charge < -0.3 is 10.2 Å². The largest absolute Gasteiger partial charge is 0.378 e. The van der Waals surface area contributed by atoms with Crippen molar-refractivity contribution in [2.24, 2.45) is 5.10 Å². The maximum atomic E-state index is 13.0. The van der Waals surface area contributed by atoms with Gasteiger partial charge in [0.1, 0.15) is 5.70 Å². The van der Waals surface area contributed by atoms with Gasteiger partial charge >= 0.3 is 0 Å². The summed E-state index contributed by atoms with van der Waals surface area (Å²) >= 11 is 0. The van der Waals surface area contributed by atoms with Crippen LogP contribution >= 0.6 is 0 Å². The SMILES string of the molecule is CC(/C=C/C=C/c1ccccc1)=N\NC(=O)/C(=C/c1ccc(N(C)C)cc1)NC(=O)c1ccccc1. The first-order valence-corrected chi connectivity index (χ1v) is 11.5. The van der Waals surface area contributed by atoms with Crippen molar-refractivity contribution in [3.63, 3.8) is 0 Å². The monoisotopic (exact) mass is 478 g/mol. The molecule has 3 aromatic rings. The maximum Gasteiger partial charge on any atom is 0.287 e. The lowest BCUT2D eigenvalue weighted by Crippen LogP contribution is -2.33. The highest BCUT2D eigenvalue weighted by Crippen LogP contribution is 2.14. The molecule has 0 saturated carbocycles. The Balaban J connectivity index is 1.73. The van der Waals surface area contributed by atoms with Gasteiger partial charge in [0, 0.05) is 25.3 Å². The van der Waals surface area contributed by atoms with E-state index < -0.39 is 5.91 Å². The van der Waals surface area contributed by atoms with Crippen LogP contribution in [0.3, 0.4) is 0 Å². The fourth-order valence-electron chi connectivity index (χ4n) is 3.14. The Labute approximate surface area is 212 Å². The van der Waals surface area contributed by atoms with Crippen LogP contribution in [0.1, 0.15) is 28.4 Å². The minimum absolute atomic E-state index is 0.0889. The molecule has 0 unspecified atom stereocenters. The normalized spacial score (nSPS) is 12.1. The van der Waals surface area contributed by atoms with Crippen LogP contribution in [0.2, 0.25) is 0 Å². The fourth-order valence-corrected chi connectivity index (χ4v) is 3.14. The van der Waals surface area contributed by atoms with Crippen molar-refractivity contribution in [1.29, 1.82) is 0 Å². The number of carbonyl (C=O) groups is 2. The number of hydrogen-bond donors (Lipinski definition) is 2. The summed E-state index contributed by atoms with van der Waals surface area (Å²) in [5.41, 5.74) is 6.56. The minimum atomic E-state index is -0.524.